The van der Waals surface area contributed by atoms with Crippen LogP contribution in [-0.4, -0.2) is 18.5 Å². The molecule has 1 saturated carbocycles. The lowest BCUT2D eigenvalue weighted by Gasteiger charge is -2.39. The standard InChI is InChI=1S/C14H28N2O/c1-14(2)10-6-5-8-12(14)16-13(17)9-4-3-7-11-15/h12H,3-11,15H2,1-2H3,(H,16,17). The third kappa shape index (κ3) is 5.07. The minimum absolute atomic E-state index is 0.224. The Kier molecular flexibility index (Phi) is 5.96. The van der Waals surface area contributed by atoms with Gasteiger partial charge in [-0.25, -0.2) is 0 Å². The molecule has 0 spiro atoms. The molecule has 0 aliphatic heterocycles. The third-order valence-electron chi connectivity index (χ3n) is 3.95. The molecular formula is C14H28N2O. The predicted octanol–water partition coefficient (Wildman–Crippen LogP) is 2.59. The summed E-state index contributed by atoms with van der Waals surface area (Å²) in [6, 6.07) is 0.373. The number of hydrogen-bond acceptors (Lipinski definition) is 2. The van der Waals surface area contributed by atoms with Crippen LogP contribution in [0.1, 0.15) is 65.2 Å². The number of nitrogens with two attached hydrogens (primary N) is 1. The normalized spacial score (nSPS) is 23.4. The minimum atomic E-state index is 0.224. The maximum atomic E-state index is 11.8. The fraction of sp³-hybridized carbons (Fsp3) is 0.929. The van der Waals surface area contributed by atoms with Gasteiger partial charge in [0, 0.05) is 12.5 Å². The summed E-state index contributed by atoms with van der Waals surface area (Å²) >= 11 is 0. The number of amides is 1. The zero-order chi connectivity index (χ0) is 12.7. The van der Waals surface area contributed by atoms with Gasteiger partial charge in [0.25, 0.3) is 0 Å². The van der Waals surface area contributed by atoms with Gasteiger partial charge in [-0.2, -0.15) is 0 Å². The van der Waals surface area contributed by atoms with Crippen molar-refractivity contribution in [3.63, 3.8) is 0 Å². The van der Waals surface area contributed by atoms with Crippen molar-refractivity contribution in [3.8, 4) is 0 Å². The number of carbonyl (C=O) groups is 1. The zero-order valence-electron chi connectivity index (χ0n) is 11.4. The van der Waals surface area contributed by atoms with E-state index in [-0.39, 0.29) is 11.3 Å². The summed E-state index contributed by atoms with van der Waals surface area (Å²) in [4.78, 5) is 11.8. The van der Waals surface area contributed by atoms with E-state index in [0.717, 1.165) is 32.2 Å². The molecule has 0 heterocycles. The van der Waals surface area contributed by atoms with E-state index in [2.05, 4.69) is 19.2 Å². The SMILES string of the molecule is CC1(C)CCCCC1NC(=O)CCCCCN. The van der Waals surface area contributed by atoms with Crippen LogP contribution in [0.5, 0.6) is 0 Å². The summed E-state index contributed by atoms with van der Waals surface area (Å²) in [7, 11) is 0. The highest BCUT2D eigenvalue weighted by atomic mass is 16.1. The molecule has 0 aromatic carbocycles. The molecule has 1 unspecified atom stereocenters. The molecule has 1 aliphatic rings. The smallest absolute Gasteiger partial charge is 0.220 e. The second-order valence-corrected chi connectivity index (χ2v) is 5.95. The zero-order valence-corrected chi connectivity index (χ0v) is 11.4. The minimum Gasteiger partial charge on any atom is -0.353 e. The lowest BCUT2D eigenvalue weighted by Crippen LogP contribution is -2.46. The molecule has 0 radical (unpaired) electrons. The van der Waals surface area contributed by atoms with E-state index >= 15 is 0 Å². The summed E-state index contributed by atoms with van der Waals surface area (Å²) in [5, 5.41) is 3.22. The molecule has 1 fully saturated rings. The summed E-state index contributed by atoms with van der Waals surface area (Å²) in [6.07, 6.45) is 8.65. The van der Waals surface area contributed by atoms with Gasteiger partial charge in [0.05, 0.1) is 0 Å². The number of carbonyl (C=O) groups excluding carboxylic acids is 1. The first-order chi connectivity index (χ1) is 8.06. The van der Waals surface area contributed by atoms with Gasteiger partial charge in [-0.3, -0.25) is 4.79 Å². The highest BCUT2D eigenvalue weighted by molar-refractivity contribution is 5.76. The van der Waals surface area contributed by atoms with Crippen LogP contribution in [0.2, 0.25) is 0 Å². The Labute approximate surface area is 106 Å². The molecule has 0 saturated heterocycles. The van der Waals surface area contributed by atoms with E-state index in [4.69, 9.17) is 5.73 Å². The fourth-order valence-corrected chi connectivity index (χ4v) is 2.63. The quantitative estimate of drug-likeness (QED) is 0.701. The Morgan fingerprint density at radius 3 is 2.71 bits per heavy atom. The molecule has 3 heteroatoms. The molecular weight excluding hydrogens is 212 g/mol. The van der Waals surface area contributed by atoms with Crippen LogP contribution in [-0.2, 0) is 4.79 Å². The summed E-state index contributed by atoms with van der Waals surface area (Å²) in [5.74, 6) is 0.224. The molecule has 0 aromatic rings. The van der Waals surface area contributed by atoms with Crippen molar-refractivity contribution in [2.75, 3.05) is 6.54 Å². The maximum absolute atomic E-state index is 11.8. The molecule has 17 heavy (non-hydrogen) atoms. The van der Waals surface area contributed by atoms with Crippen LogP contribution in [0.4, 0.5) is 0 Å². The van der Waals surface area contributed by atoms with E-state index in [1.165, 1.54) is 19.3 Å². The molecule has 0 aromatic heterocycles. The van der Waals surface area contributed by atoms with E-state index in [1.54, 1.807) is 0 Å². The van der Waals surface area contributed by atoms with Crippen LogP contribution in [0.3, 0.4) is 0 Å². The highest BCUT2D eigenvalue weighted by Crippen LogP contribution is 2.35. The van der Waals surface area contributed by atoms with E-state index in [9.17, 15) is 4.79 Å². The largest absolute Gasteiger partial charge is 0.353 e. The molecule has 1 atom stereocenters. The molecule has 0 bridgehead atoms. The van der Waals surface area contributed by atoms with Crippen LogP contribution in [0.25, 0.3) is 0 Å². The number of unbranched alkanes of at least 4 members (excludes halogenated alkanes) is 2. The highest BCUT2D eigenvalue weighted by Gasteiger charge is 2.32. The van der Waals surface area contributed by atoms with Gasteiger partial charge in [-0.15, -0.1) is 0 Å². The van der Waals surface area contributed by atoms with Crippen molar-refractivity contribution < 1.29 is 4.79 Å². The number of hydrogen-bond donors (Lipinski definition) is 2. The maximum Gasteiger partial charge on any atom is 0.220 e. The van der Waals surface area contributed by atoms with Gasteiger partial charge in [0.2, 0.25) is 5.91 Å². The summed E-state index contributed by atoms with van der Waals surface area (Å²) < 4.78 is 0. The second-order valence-electron chi connectivity index (χ2n) is 5.95. The van der Waals surface area contributed by atoms with Crippen LogP contribution < -0.4 is 11.1 Å². The van der Waals surface area contributed by atoms with E-state index < -0.39 is 0 Å². The Morgan fingerprint density at radius 1 is 1.29 bits per heavy atom. The van der Waals surface area contributed by atoms with Crippen molar-refractivity contribution >= 4 is 5.91 Å². The topological polar surface area (TPSA) is 55.1 Å². The van der Waals surface area contributed by atoms with Crippen LogP contribution >= 0.6 is 0 Å². The first kappa shape index (κ1) is 14.5. The molecule has 1 rings (SSSR count). The lowest BCUT2D eigenvalue weighted by atomic mass is 9.73. The van der Waals surface area contributed by atoms with Crippen molar-refractivity contribution in [2.45, 2.75) is 71.3 Å². The molecule has 3 nitrogen and oxygen atoms in total. The molecule has 3 N–H and O–H groups in total. The Morgan fingerprint density at radius 2 is 2.06 bits per heavy atom. The predicted molar refractivity (Wildman–Crippen MR) is 71.7 cm³/mol. The fourth-order valence-electron chi connectivity index (χ4n) is 2.63. The second kappa shape index (κ2) is 7.00. The first-order valence-corrected chi connectivity index (χ1v) is 7.06. The Hall–Kier alpha value is -0.570. The number of rotatable bonds is 6. The Bertz CT molecular complexity index is 238. The van der Waals surface area contributed by atoms with Gasteiger partial charge in [0.1, 0.15) is 0 Å². The van der Waals surface area contributed by atoms with Crippen molar-refractivity contribution in [1.29, 1.82) is 0 Å². The lowest BCUT2D eigenvalue weighted by molar-refractivity contribution is -0.123. The van der Waals surface area contributed by atoms with Gasteiger partial charge in [-0.1, -0.05) is 33.1 Å². The van der Waals surface area contributed by atoms with Crippen molar-refractivity contribution in [1.82, 2.24) is 5.32 Å². The number of nitrogens with one attached hydrogen (secondary N) is 1. The monoisotopic (exact) mass is 240 g/mol. The molecule has 1 amide bonds. The van der Waals surface area contributed by atoms with E-state index in [0.29, 0.717) is 12.5 Å². The van der Waals surface area contributed by atoms with Crippen molar-refractivity contribution in [2.24, 2.45) is 11.1 Å². The van der Waals surface area contributed by atoms with E-state index in [1.807, 2.05) is 0 Å². The van der Waals surface area contributed by atoms with Gasteiger partial charge in [0.15, 0.2) is 0 Å². The van der Waals surface area contributed by atoms with Crippen LogP contribution in [0, 0.1) is 5.41 Å². The third-order valence-corrected chi connectivity index (χ3v) is 3.95. The molecule has 1 aliphatic carbocycles. The van der Waals surface area contributed by atoms with Gasteiger partial charge < -0.3 is 11.1 Å². The molecule has 100 valence electrons. The average molecular weight is 240 g/mol. The van der Waals surface area contributed by atoms with Crippen LogP contribution in [0.15, 0.2) is 0 Å². The van der Waals surface area contributed by atoms with Crippen molar-refractivity contribution in [3.05, 3.63) is 0 Å². The average Bonchev–Trinajstić information content (AvgIpc) is 2.27. The Balaban J connectivity index is 2.24. The van der Waals surface area contributed by atoms with Gasteiger partial charge in [-0.05, 0) is 37.6 Å². The summed E-state index contributed by atoms with van der Waals surface area (Å²) in [6.45, 7) is 5.27. The summed E-state index contributed by atoms with van der Waals surface area (Å²) in [5.41, 5.74) is 5.70. The first-order valence-electron chi connectivity index (χ1n) is 7.06. The van der Waals surface area contributed by atoms with Gasteiger partial charge >= 0.3 is 0 Å².